The van der Waals surface area contributed by atoms with E-state index in [0.29, 0.717) is 29.5 Å². The minimum Gasteiger partial charge on any atom is -0.493 e. The van der Waals surface area contributed by atoms with Gasteiger partial charge >= 0.3 is 0 Å². The third kappa shape index (κ3) is 4.70. The van der Waals surface area contributed by atoms with Crippen molar-refractivity contribution in [1.29, 1.82) is 0 Å². The van der Waals surface area contributed by atoms with E-state index in [2.05, 4.69) is 5.32 Å². The lowest BCUT2D eigenvalue weighted by atomic mass is 10.1. The van der Waals surface area contributed by atoms with Crippen LogP contribution in [-0.4, -0.2) is 26.0 Å². The molecule has 0 unspecified atom stereocenters. The quantitative estimate of drug-likeness (QED) is 0.595. The van der Waals surface area contributed by atoms with E-state index in [4.69, 9.17) is 19.9 Å². The second-order valence-electron chi connectivity index (χ2n) is 6.35. The van der Waals surface area contributed by atoms with Crippen LogP contribution < -0.4 is 25.3 Å². The molecular weight excluding hydrogens is 384 g/mol. The Balaban J connectivity index is 1.87. The maximum atomic E-state index is 12.8. The topological polar surface area (TPSA) is 99.9 Å². The van der Waals surface area contributed by atoms with E-state index in [1.165, 1.54) is 14.2 Å². The Bertz CT molecular complexity index is 1030. The fourth-order valence-corrected chi connectivity index (χ4v) is 2.88. The number of hydrogen-bond acceptors (Lipinski definition) is 5. The summed E-state index contributed by atoms with van der Waals surface area (Å²) in [5, 5.41) is 2.70. The Labute approximate surface area is 174 Å². The maximum Gasteiger partial charge on any atom is 0.255 e. The first-order valence-electron chi connectivity index (χ1n) is 9.16. The highest BCUT2D eigenvalue weighted by Crippen LogP contribution is 2.39. The van der Waals surface area contributed by atoms with Crippen LogP contribution in [-0.2, 0) is 6.61 Å². The van der Waals surface area contributed by atoms with Gasteiger partial charge in [-0.2, -0.15) is 0 Å². The van der Waals surface area contributed by atoms with E-state index < -0.39 is 11.8 Å². The molecule has 7 nitrogen and oxygen atoms in total. The molecule has 3 aromatic rings. The Kier molecular flexibility index (Phi) is 6.54. The van der Waals surface area contributed by atoms with Crippen LogP contribution in [0.2, 0.25) is 0 Å². The third-order valence-electron chi connectivity index (χ3n) is 4.39. The zero-order valence-electron chi connectivity index (χ0n) is 16.7. The van der Waals surface area contributed by atoms with Crippen LogP contribution in [0, 0.1) is 0 Å². The Morgan fingerprint density at radius 2 is 1.50 bits per heavy atom. The molecule has 0 saturated carbocycles. The molecule has 0 spiro atoms. The number of nitrogens with one attached hydrogen (secondary N) is 1. The van der Waals surface area contributed by atoms with Crippen molar-refractivity contribution < 1.29 is 23.8 Å². The van der Waals surface area contributed by atoms with Crippen molar-refractivity contribution in [2.75, 3.05) is 19.5 Å². The molecule has 0 aliphatic carbocycles. The van der Waals surface area contributed by atoms with Gasteiger partial charge in [-0.15, -0.1) is 0 Å². The molecule has 0 aliphatic rings. The van der Waals surface area contributed by atoms with Gasteiger partial charge in [0.25, 0.3) is 11.8 Å². The van der Waals surface area contributed by atoms with E-state index in [0.717, 1.165) is 5.56 Å². The van der Waals surface area contributed by atoms with Crippen LogP contribution in [0.15, 0.2) is 66.7 Å². The highest BCUT2D eigenvalue weighted by molar-refractivity contribution is 6.09. The summed E-state index contributed by atoms with van der Waals surface area (Å²) in [5.74, 6) is -0.00388. The number of ether oxygens (including phenoxy) is 3. The fraction of sp³-hybridized carbons (Fsp3) is 0.130. The molecule has 0 aliphatic heterocycles. The van der Waals surface area contributed by atoms with Crippen LogP contribution in [0.25, 0.3) is 0 Å². The average Bonchev–Trinajstić information content (AvgIpc) is 2.77. The first-order chi connectivity index (χ1) is 14.5. The Hall–Kier alpha value is -4.00. The molecule has 0 fully saturated rings. The van der Waals surface area contributed by atoms with Crippen molar-refractivity contribution in [2.24, 2.45) is 5.73 Å². The lowest BCUT2D eigenvalue weighted by molar-refractivity contribution is 0.100. The highest BCUT2D eigenvalue weighted by Gasteiger charge is 2.19. The number of hydrogen-bond donors (Lipinski definition) is 2. The van der Waals surface area contributed by atoms with Crippen molar-refractivity contribution in [3.05, 3.63) is 83.4 Å². The number of para-hydroxylation sites is 1. The van der Waals surface area contributed by atoms with Gasteiger partial charge in [-0.05, 0) is 29.8 Å². The zero-order chi connectivity index (χ0) is 21.5. The summed E-state index contributed by atoms with van der Waals surface area (Å²) >= 11 is 0. The second kappa shape index (κ2) is 9.47. The largest absolute Gasteiger partial charge is 0.493 e. The van der Waals surface area contributed by atoms with Gasteiger partial charge in [-0.3, -0.25) is 9.59 Å². The molecule has 30 heavy (non-hydrogen) atoms. The van der Waals surface area contributed by atoms with E-state index in [9.17, 15) is 9.59 Å². The summed E-state index contributed by atoms with van der Waals surface area (Å²) in [5.41, 5.74) is 7.16. The number of anilines is 1. The van der Waals surface area contributed by atoms with Crippen LogP contribution in [0.5, 0.6) is 17.2 Å². The van der Waals surface area contributed by atoms with E-state index >= 15 is 0 Å². The van der Waals surface area contributed by atoms with Crippen LogP contribution in [0.1, 0.15) is 26.3 Å². The third-order valence-corrected chi connectivity index (χ3v) is 4.39. The minimum absolute atomic E-state index is 0.215. The van der Waals surface area contributed by atoms with Gasteiger partial charge in [0.05, 0.1) is 25.5 Å². The molecule has 7 heteroatoms. The lowest BCUT2D eigenvalue weighted by Crippen LogP contribution is -2.18. The van der Waals surface area contributed by atoms with Crippen LogP contribution >= 0.6 is 0 Å². The monoisotopic (exact) mass is 406 g/mol. The Morgan fingerprint density at radius 3 is 2.10 bits per heavy atom. The number of benzene rings is 3. The number of carbonyl (C=O) groups is 2. The number of nitrogens with two attached hydrogens (primary N) is 1. The molecule has 0 heterocycles. The zero-order valence-corrected chi connectivity index (χ0v) is 16.7. The molecule has 2 amide bonds. The summed E-state index contributed by atoms with van der Waals surface area (Å²) in [6, 6.07) is 19.3. The normalized spacial score (nSPS) is 10.2. The summed E-state index contributed by atoms with van der Waals surface area (Å²) in [4.78, 5) is 24.4. The minimum atomic E-state index is -0.634. The summed E-state index contributed by atoms with van der Waals surface area (Å²) in [6.07, 6.45) is 0. The molecule has 154 valence electrons. The number of methoxy groups -OCH3 is 2. The first kappa shape index (κ1) is 20.7. The van der Waals surface area contributed by atoms with Crippen LogP contribution in [0.3, 0.4) is 0 Å². The lowest BCUT2D eigenvalue weighted by Gasteiger charge is -2.16. The molecule has 3 aromatic carbocycles. The molecule has 0 aromatic heterocycles. The first-order valence-corrected chi connectivity index (χ1v) is 9.16. The van der Waals surface area contributed by atoms with Gasteiger partial charge in [0.2, 0.25) is 5.75 Å². The predicted molar refractivity (Wildman–Crippen MR) is 113 cm³/mol. The standard InChI is InChI=1S/C23H22N2O5/c1-28-19-12-16(23(27)25-18-11-7-6-10-17(18)22(24)26)13-20(29-2)21(19)30-14-15-8-4-3-5-9-15/h3-13H,14H2,1-2H3,(H2,24,26)(H,25,27). The molecule has 3 N–H and O–H groups in total. The average molecular weight is 406 g/mol. The second-order valence-corrected chi connectivity index (χ2v) is 6.35. The highest BCUT2D eigenvalue weighted by atomic mass is 16.5. The molecule has 0 atom stereocenters. The van der Waals surface area contributed by atoms with Gasteiger partial charge in [0.1, 0.15) is 6.61 Å². The van der Waals surface area contributed by atoms with Gasteiger partial charge in [-0.1, -0.05) is 42.5 Å². The van der Waals surface area contributed by atoms with Gasteiger partial charge in [-0.25, -0.2) is 0 Å². The summed E-state index contributed by atoms with van der Waals surface area (Å²) < 4.78 is 16.7. The number of carbonyl (C=O) groups excluding carboxylic acids is 2. The number of rotatable bonds is 8. The fourth-order valence-electron chi connectivity index (χ4n) is 2.88. The van der Waals surface area contributed by atoms with E-state index in [1.807, 2.05) is 30.3 Å². The summed E-state index contributed by atoms with van der Waals surface area (Å²) in [6.45, 7) is 0.311. The molecular formula is C23H22N2O5. The van der Waals surface area contributed by atoms with Gasteiger partial charge in [0, 0.05) is 5.56 Å². The smallest absolute Gasteiger partial charge is 0.255 e. The SMILES string of the molecule is COc1cc(C(=O)Nc2ccccc2C(N)=O)cc(OC)c1OCc1ccccc1. The van der Waals surface area contributed by atoms with E-state index in [1.54, 1.807) is 36.4 Å². The molecule has 3 rings (SSSR count). The van der Waals surface area contributed by atoms with Crippen molar-refractivity contribution in [3.8, 4) is 17.2 Å². The number of amides is 2. The van der Waals surface area contributed by atoms with Crippen molar-refractivity contribution in [2.45, 2.75) is 6.61 Å². The molecule has 0 radical (unpaired) electrons. The van der Waals surface area contributed by atoms with Crippen molar-refractivity contribution >= 4 is 17.5 Å². The van der Waals surface area contributed by atoms with Crippen molar-refractivity contribution in [1.82, 2.24) is 0 Å². The van der Waals surface area contributed by atoms with Crippen LogP contribution in [0.4, 0.5) is 5.69 Å². The summed E-state index contributed by atoms with van der Waals surface area (Å²) in [7, 11) is 2.96. The van der Waals surface area contributed by atoms with Crippen molar-refractivity contribution in [3.63, 3.8) is 0 Å². The van der Waals surface area contributed by atoms with E-state index in [-0.39, 0.29) is 11.1 Å². The van der Waals surface area contributed by atoms with Gasteiger partial charge < -0.3 is 25.3 Å². The Morgan fingerprint density at radius 1 is 0.900 bits per heavy atom. The molecule has 0 saturated heterocycles. The van der Waals surface area contributed by atoms with Gasteiger partial charge in [0.15, 0.2) is 11.5 Å². The maximum absolute atomic E-state index is 12.8. The number of primary amides is 1. The predicted octanol–water partition coefficient (Wildman–Crippen LogP) is 3.63. The molecule has 0 bridgehead atoms.